The maximum atomic E-state index is 11.3. The predicted octanol–water partition coefficient (Wildman–Crippen LogP) is 3.20. The van der Waals surface area contributed by atoms with Crippen LogP contribution in [0.5, 0.6) is 0 Å². The second-order valence-electron chi connectivity index (χ2n) is 3.46. The third kappa shape index (κ3) is 3.02. The lowest BCUT2D eigenvalue weighted by molar-refractivity contribution is 0.0595. The normalized spacial score (nSPS) is 9.74. The van der Waals surface area contributed by atoms with Gasteiger partial charge in [-0.15, -0.1) is 11.3 Å². The first-order valence-electron chi connectivity index (χ1n) is 5.14. The van der Waals surface area contributed by atoms with Crippen LogP contribution in [-0.2, 0) is 4.74 Å². The van der Waals surface area contributed by atoms with E-state index in [1.807, 2.05) is 6.07 Å². The highest BCUT2D eigenvalue weighted by Crippen LogP contribution is 2.28. The molecular formula is C12H8ClN3O2S. The second-order valence-corrected chi connectivity index (χ2v) is 4.73. The van der Waals surface area contributed by atoms with E-state index in [-0.39, 0.29) is 5.69 Å². The van der Waals surface area contributed by atoms with E-state index in [9.17, 15) is 4.79 Å². The zero-order valence-corrected chi connectivity index (χ0v) is 11.4. The number of nitrogens with one attached hydrogen (secondary N) is 1. The number of carbonyl (C=O) groups is 1. The first kappa shape index (κ1) is 13.3. The van der Waals surface area contributed by atoms with E-state index in [1.165, 1.54) is 18.4 Å². The zero-order valence-electron chi connectivity index (χ0n) is 9.81. The molecule has 0 unspecified atom stereocenters. The molecule has 0 fully saturated rings. The molecule has 96 valence electrons. The fraction of sp³-hybridized carbons (Fsp3) is 0.0833. The number of thiazole rings is 1. The number of esters is 1. The molecule has 19 heavy (non-hydrogen) atoms. The van der Waals surface area contributed by atoms with Crippen molar-refractivity contribution in [2.24, 2.45) is 0 Å². The van der Waals surface area contributed by atoms with E-state index in [1.54, 1.807) is 23.6 Å². The van der Waals surface area contributed by atoms with Gasteiger partial charge in [-0.3, -0.25) is 0 Å². The lowest BCUT2D eigenvalue weighted by Crippen LogP contribution is -2.01. The van der Waals surface area contributed by atoms with Crippen LogP contribution >= 0.6 is 22.9 Å². The van der Waals surface area contributed by atoms with Gasteiger partial charge in [0.1, 0.15) is 0 Å². The van der Waals surface area contributed by atoms with E-state index < -0.39 is 5.97 Å². The van der Waals surface area contributed by atoms with E-state index >= 15 is 0 Å². The van der Waals surface area contributed by atoms with Gasteiger partial charge in [-0.1, -0.05) is 11.6 Å². The van der Waals surface area contributed by atoms with E-state index in [4.69, 9.17) is 16.9 Å². The molecule has 1 aromatic heterocycles. The summed E-state index contributed by atoms with van der Waals surface area (Å²) in [5.74, 6) is -0.499. The molecule has 1 aromatic carbocycles. The van der Waals surface area contributed by atoms with Crippen LogP contribution in [0.4, 0.5) is 10.8 Å². The average molecular weight is 294 g/mol. The van der Waals surface area contributed by atoms with Crippen molar-refractivity contribution >= 4 is 39.7 Å². The van der Waals surface area contributed by atoms with Crippen molar-refractivity contribution in [3.8, 4) is 6.07 Å². The molecule has 0 aliphatic carbocycles. The maximum absolute atomic E-state index is 11.3. The monoisotopic (exact) mass is 293 g/mol. The minimum Gasteiger partial charge on any atom is -0.464 e. The Morgan fingerprint density at radius 1 is 1.58 bits per heavy atom. The lowest BCUT2D eigenvalue weighted by atomic mass is 10.2. The van der Waals surface area contributed by atoms with Gasteiger partial charge in [0.15, 0.2) is 10.8 Å². The number of benzene rings is 1. The Balaban J connectivity index is 2.24. The van der Waals surface area contributed by atoms with Crippen molar-refractivity contribution < 1.29 is 9.53 Å². The molecule has 2 rings (SSSR count). The Morgan fingerprint density at radius 3 is 3.05 bits per heavy atom. The van der Waals surface area contributed by atoms with Gasteiger partial charge in [-0.25, -0.2) is 9.78 Å². The summed E-state index contributed by atoms with van der Waals surface area (Å²) in [6.07, 6.45) is 0. The molecule has 0 radical (unpaired) electrons. The van der Waals surface area contributed by atoms with Crippen LogP contribution in [0.25, 0.3) is 0 Å². The van der Waals surface area contributed by atoms with Crippen LogP contribution in [0.1, 0.15) is 16.1 Å². The Morgan fingerprint density at radius 2 is 2.37 bits per heavy atom. The number of halogens is 1. The molecule has 2 aromatic rings. The molecule has 1 N–H and O–H groups in total. The molecule has 0 spiro atoms. The summed E-state index contributed by atoms with van der Waals surface area (Å²) < 4.78 is 4.57. The summed E-state index contributed by atoms with van der Waals surface area (Å²) in [6.45, 7) is 0. The second kappa shape index (κ2) is 5.69. The Bertz CT molecular complexity index is 663. The lowest BCUT2D eigenvalue weighted by Gasteiger charge is -2.05. The molecule has 0 atom stereocenters. The van der Waals surface area contributed by atoms with Crippen LogP contribution in [-0.4, -0.2) is 18.1 Å². The first-order valence-corrected chi connectivity index (χ1v) is 6.40. The number of methoxy groups -OCH3 is 1. The third-order valence-corrected chi connectivity index (χ3v) is 3.32. The van der Waals surface area contributed by atoms with E-state index in [0.29, 0.717) is 21.4 Å². The van der Waals surface area contributed by atoms with Crippen LogP contribution in [0.2, 0.25) is 5.02 Å². The summed E-state index contributed by atoms with van der Waals surface area (Å²) in [5, 5.41) is 14.3. The Kier molecular flexibility index (Phi) is 4.00. The van der Waals surface area contributed by atoms with Crippen molar-refractivity contribution in [3.63, 3.8) is 0 Å². The molecule has 0 aliphatic heterocycles. The maximum Gasteiger partial charge on any atom is 0.357 e. The van der Waals surface area contributed by atoms with Gasteiger partial charge in [0.05, 0.1) is 29.5 Å². The molecule has 5 nitrogen and oxygen atoms in total. The molecule has 0 saturated heterocycles. The van der Waals surface area contributed by atoms with Crippen molar-refractivity contribution in [2.75, 3.05) is 12.4 Å². The summed E-state index contributed by atoms with van der Waals surface area (Å²) in [7, 11) is 1.29. The number of carbonyl (C=O) groups excluding carboxylic acids is 1. The number of aromatic nitrogens is 1. The Labute approximate surface area is 118 Å². The fourth-order valence-corrected chi connectivity index (χ4v) is 2.19. The highest BCUT2D eigenvalue weighted by atomic mass is 35.5. The minimum atomic E-state index is -0.499. The highest BCUT2D eigenvalue weighted by molar-refractivity contribution is 7.14. The summed E-state index contributed by atoms with van der Waals surface area (Å²) in [4.78, 5) is 15.3. The topological polar surface area (TPSA) is 75.0 Å². The van der Waals surface area contributed by atoms with Crippen molar-refractivity contribution in [2.45, 2.75) is 0 Å². The van der Waals surface area contributed by atoms with Gasteiger partial charge < -0.3 is 10.1 Å². The average Bonchev–Trinajstić information content (AvgIpc) is 2.89. The molecule has 0 aliphatic rings. The largest absolute Gasteiger partial charge is 0.464 e. The quantitative estimate of drug-likeness (QED) is 0.880. The van der Waals surface area contributed by atoms with Crippen molar-refractivity contribution in [3.05, 3.63) is 39.9 Å². The molecule has 7 heteroatoms. The molecule has 0 amide bonds. The van der Waals surface area contributed by atoms with Gasteiger partial charge in [-0.05, 0) is 18.2 Å². The summed E-state index contributed by atoms with van der Waals surface area (Å²) in [5.41, 5.74) is 1.27. The van der Waals surface area contributed by atoms with Gasteiger partial charge in [0, 0.05) is 5.38 Å². The van der Waals surface area contributed by atoms with Gasteiger partial charge in [-0.2, -0.15) is 5.26 Å². The van der Waals surface area contributed by atoms with Gasteiger partial charge >= 0.3 is 5.97 Å². The number of nitriles is 1. The zero-order chi connectivity index (χ0) is 13.8. The minimum absolute atomic E-state index is 0.225. The molecular weight excluding hydrogens is 286 g/mol. The number of ether oxygens (including phenoxy) is 1. The fourth-order valence-electron chi connectivity index (χ4n) is 1.34. The number of rotatable bonds is 3. The number of nitrogens with zero attached hydrogens (tertiary/aromatic N) is 2. The molecule has 0 bridgehead atoms. The van der Waals surface area contributed by atoms with Crippen LogP contribution in [0, 0.1) is 11.3 Å². The summed E-state index contributed by atoms with van der Waals surface area (Å²) in [6, 6.07) is 6.88. The van der Waals surface area contributed by atoms with E-state index in [0.717, 1.165) is 0 Å². The van der Waals surface area contributed by atoms with Crippen LogP contribution in [0.3, 0.4) is 0 Å². The highest BCUT2D eigenvalue weighted by Gasteiger charge is 2.11. The van der Waals surface area contributed by atoms with E-state index in [2.05, 4.69) is 15.0 Å². The van der Waals surface area contributed by atoms with Gasteiger partial charge in [0.25, 0.3) is 0 Å². The Hall–Kier alpha value is -2.10. The molecule has 0 saturated carbocycles. The summed E-state index contributed by atoms with van der Waals surface area (Å²) >= 11 is 7.26. The molecule has 1 heterocycles. The van der Waals surface area contributed by atoms with Crippen molar-refractivity contribution in [1.29, 1.82) is 5.26 Å². The SMILES string of the molecule is COC(=O)c1csc(Nc2cc(C#N)ccc2Cl)n1. The van der Waals surface area contributed by atoms with Crippen LogP contribution in [0.15, 0.2) is 23.6 Å². The van der Waals surface area contributed by atoms with Gasteiger partial charge in [0.2, 0.25) is 0 Å². The number of hydrogen-bond acceptors (Lipinski definition) is 6. The van der Waals surface area contributed by atoms with Crippen molar-refractivity contribution in [1.82, 2.24) is 4.98 Å². The number of anilines is 2. The third-order valence-electron chi connectivity index (χ3n) is 2.24. The smallest absolute Gasteiger partial charge is 0.357 e. The predicted molar refractivity (Wildman–Crippen MR) is 72.9 cm³/mol. The standard InChI is InChI=1S/C12H8ClN3O2S/c1-18-11(17)10-6-19-12(16-10)15-9-4-7(5-14)2-3-8(9)13/h2-4,6H,1H3,(H,15,16). The first-order chi connectivity index (χ1) is 9.13. The van der Waals surface area contributed by atoms with Crippen LogP contribution < -0.4 is 5.32 Å². The number of hydrogen-bond donors (Lipinski definition) is 1.